The molecule has 0 radical (unpaired) electrons. The Kier molecular flexibility index (Phi) is 2.77. The Labute approximate surface area is 72.4 Å². The van der Waals surface area contributed by atoms with Gasteiger partial charge in [-0.05, 0) is 16.7 Å². The molecule has 0 spiro atoms. The van der Waals surface area contributed by atoms with Crippen LogP contribution in [0.15, 0.2) is 48.6 Å². The molecule has 1 rings (SSSR count). The second-order valence-electron chi connectivity index (χ2n) is 2.44. The first-order valence-corrected chi connectivity index (χ1v) is 4.69. The first-order chi connectivity index (χ1) is 5.29. The molecule has 0 N–H and O–H groups in total. The van der Waals surface area contributed by atoms with E-state index in [2.05, 4.69) is 19.7 Å². The molecule has 0 aromatic heterocycles. The van der Waals surface area contributed by atoms with Crippen LogP contribution in [0.25, 0.3) is 0 Å². The van der Waals surface area contributed by atoms with E-state index in [1.807, 2.05) is 23.9 Å². The summed E-state index contributed by atoms with van der Waals surface area (Å²) in [4.78, 5) is 0. The Bertz CT molecular complexity index is 233. The average Bonchev–Trinajstić information content (AvgIpc) is 2.04. The van der Waals surface area contributed by atoms with Crippen molar-refractivity contribution in [3.8, 4) is 0 Å². The fourth-order valence-electron chi connectivity index (χ4n) is 1.11. The standard InChI is InChI=1S/C10H12S/c1-4-9-7-11-6-8(3)10(9)5-2/h4-5H,1-3,6-7H2. The van der Waals surface area contributed by atoms with Gasteiger partial charge in [0.05, 0.1) is 0 Å². The fourth-order valence-corrected chi connectivity index (χ4v) is 2.11. The van der Waals surface area contributed by atoms with E-state index >= 15 is 0 Å². The van der Waals surface area contributed by atoms with Gasteiger partial charge < -0.3 is 0 Å². The zero-order valence-electron chi connectivity index (χ0n) is 6.60. The van der Waals surface area contributed by atoms with Gasteiger partial charge in [-0.1, -0.05) is 31.9 Å². The van der Waals surface area contributed by atoms with Crippen molar-refractivity contribution in [3.63, 3.8) is 0 Å². The molecule has 0 nitrogen and oxygen atoms in total. The van der Waals surface area contributed by atoms with Crippen molar-refractivity contribution < 1.29 is 0 Å². The summed E-state index contributed by atoms with van der Waals surface area (Å²) in [6.07, 6.45) is 3.77. The summed E-state index contributed by atoms with van der Waals surface area (Å²) in [5, 5.41) is 0. The Morgan fingerprint density at radius 2 is 1.91 bits per heavy atom. The van der Waals surface area contributed by atoms with E-state index in [0.717, 1.165) is 11.5 Å². The van der Waals surface area contributed by atoms with Gasteiger partial charge >= 0.3 is 0 Å². The highest BCUT2D eigenvalue weighted by molar-refractivity contribution is 7.99. The second kappa shape index (κ2) is 3.63. The molecule has 1 aliphatic heterocycles. The summed E-state index contributed by atoms with van der Waals surface area (Å²) in [6.45, 7) is 11.5. The summed E-state index contributed by atoms with van der Waals surface area (Å²) in [5.74, 6) is 2.07. The lowest BCUT2D eigenvalue weighted by Crippen LogP contribution is -2.02. The van der Waals surface area contributed by atoms with Crippen molar-refractivity contribution in [2.75, 3.05) is 11.5 Å². The maximum Gasteiger partial charge on any atom is 0.0193 e. The maximum atomic E-state index is 3.97. The predicted octanol–water partition coefficient (Wildman–Crippen LogP) is 2.96. The number of rotatable bonds is 2. The Morgan fingerprint density at radius 1 is 1.18 bits per heavy atom. The molecule has 11 heavy (non-hydrogen) atoms. The molecule has 1 heterocycles. The maximum absolute atomic E-state index is 3.97. The molecular weight excluding hydrogens is 152 g/mol. The van der Waals surface area contributed by atoms with Crippen molar-refractivity contribution in [2.24, 2.45) is 0 Å². The minimum absolute atomic E-state index is 1.03. The van der Waals surface area contributed by atoms with Crippen LogP contribution in [0.5, 0.6) is 0 Å². The number of thioether (sulfide) groups is 1. The summed E-state index contributed by atoms with van der Waals surface area (Å²) in [6, 6.07) is 0. The molecule has 0 unspecified atom stereocenters. The van der Waals surface area contributed by atoms with E-state index in [4.69, 9.17) is 0 Å². The Balaban J connectivity index is 3.04. The van der Waals surface area contributed by atoms with Crippen molar-refractivity contribution in [2.45, 2.75) is 0 Å². The molecule has 0 aromatic carbocycles. The summed E-state index contributed by atoms with van der Waals surface area (Å²) < 4.78 is 0. The first-order valence-electron chi connectivity index (χ1n) is 3.53. The van der Waals surface area contributed by atoms with Crippen molar-refractivity contribution in [1.29, 1.82) is 0 Å². The number of hydrogen-bond donors (Lipinski definition) is 0. The number of hydrogen-bond acceptors (Lipinski definition) is 1. The summed E-state index contributed by atoms with van der Waals surface area (Å²) >= 11 is 1.88. The van der Waals surface area contributed by atoms with Gasteiger partial charge in [-0.3, -0.25) is 0 Å². The molecule has 58 valence electrons. The normalized spacial score (nSPS) is 18.4. The molecule has 0 saturated carbocycles. The molecule has 0 aliphatic carbocycles. The largest absolute Gasteiger partial charge is 0.152 e. The van der Waals surface area contributed by atoms with Crippen LogP contribution in [0.2, 0.25) is 0 Å². The molecule has 0 amide bonds. The highest BCUT2D eigenvalue weighted by atomic mass is 32.2. The van der Waals surface area contributed by atoms with Gasteiger partial charge in [0.15, 0.2) is 0 Å². The third-order valence-corrected chi connectivity index (χ3v) is 2.78. The molecule has 0 atom stereocenters. The van der Waals surface area contributed by atoms with Gasteiger partial charge in [0, 0.05) is 11.5 Å². The van der Waals surface area contributed by atoms with E-state index in [-0.39, 0.29) is 0 Å². The first kappa shape index (κ1) is 8.41. The van der Waals surface area contributed by atoms with Crippen LogP contribution in [-0.4, -0.2) is 11.5 Å². The van der Waals surface area contributed by atoms with Crippen LogP contribution in [-0.2, 0) is 0 Å². The third kappa shape index (κ3) is 1.66. The smallest absolute Gasteiger partial charge is 0.0193 e. The molecule has 0 fully saturated rings. The SMILES string of the molecule is C=CC1=C(C=C)C(=C)CSC1. The minimum Gasteiger partial charge on any atom is -0.152 e. The quantitative estimate of drug-likeness (QED) is 0.604. The zero-order valence-corrected chi connectivity index (χ0v) is 7.41. The van der Waals surface area contributed by atoms with E-state index in [1.54, 1.807) is 0 Å². The van der Waals surface area contributed by atoms with E-state index in [0.29, 0.717) is 0 Å². The molecule has 0 aromatic rings. The average molecular weight is 164 g/mol. The van der Waals surface area contributed by atoms with Crippen molar-refractivity contribution in [1.82, 2.24) is 0 Å². The van der Waals surface area contributed by atoms with Gasteiger partial charge in [0.1, 0.15) is 0 Å². The lowest BCUT2D eigenvalue weighted by Gasteiger charge is -2.17. The monoisotopic (exact) mass is 164 g/mol. The molecule has 0 bridgehead atoms. The van der Waals surface area contributed by atoms with Crippen LogP contribution in [0, 0.1) is 0 Å². The van der Waals surface area contributed by atoms with Gasteiger partial charge in [-0.15, -0.1) is 0 Å². The van der Waals surface area contributed by atoms with E-state index in [1.165, 1.54) is 16.7 Å². The molecule has 1 aliphatic rings. The van der Waals surface area contributed by atoms with Gasteiger partial charge in [-0.25, -0.2) is 0 Å². The van der Waals surface area contributed by atoms with Crippen molar-refractivity contribution >= 4 is 11.8 Å². The minimum atomic E-state index is 1.03. The van der Waals surface area contributed by atoms with Crippen LogP contribution in [0.3, 0.4) is 0 Å². The topological polar surface area (TPSA) is 0 Å². The summed E-state index contributed by atoms with van der Waals surface area (Å²) in [5.41, 5.74) is 3.63. The molecule has 1 heteroatoms. The Morgan fingerprint density at radius 3 is 2.36 bits per heavy atom. The van der Waals surface area contributed by atoms with Gasteiger partial charge in [0.2, 0.25) is 0 Å². The summed E-state index contributed by atoms with van der Waals surface area (Å²) in [7, 11) is 0. The van der Waals surface area contributed by atoms with Crippen LogP contribution >= 0.6 is 11.8 Å². The van der Waals surface area contributed by atoms with Crippen LogP contribution in [0.1, 0.15) is 0 Å². The highest BCUT2D eigenvalue weighted by Crippen LogP contribution is 2.27. The van der Waals surface area contributed by atoms with Gasteiger partial charge in [-0.2, -0.15) is 11.8 Å². The fraction of sp³-hybridized carbons (Fsp3) is 0.200. The Hall–Kier alpha value is -0.690. The second-order valence-corrected chi connectivity index (χ2v) is 3.43. The van der Waals surface area contributed by atoms with Gasteiger partial charge in [0.25, 0.3) is 0 Å². The van der Waals surface area contributed by atoms with Crippen molar-refractivity contribution in [3.05, 3.63) is 48.6 Å². The van der Waals surface area contributed by atoms with Crippen LogP contribution in [0.4, 0.5) is 0 Å². The third-order valence-electron chi connectivity index (χ3n) is 1.71. The molecular formula is C10H12S. The van der Waals surface area contributed by atoms with Crippen LogP contribution < -0.4 is 0 Å². The lowest BCUT2D eigenvalue weighted by molar-refractivity contribution is 1.34. The molecule has 0 saturated heterocycles. The lowest BCUT2D eigenvalue weighted by atomic mass is 10.0. The van der Waals surface area contributed by atoms with E-state index in [9.17, 15) is 0 Å². The number of allylic oxidation sites excluding steroid dienone is 3. The van der Waals surface area contributed by atoms with E-state index < -0.39 is 0 Å². The highest BCUT2D eigenvalue weighted by Gasteiger charge is 2.10. The predicted molar refractivity (Wildman–Crippen MR) is 53.9 cm³/mol. The zero-order chi connectivity index (χ0) is 8.27.